The zero-order valence-corrected chi connectivity index (χ0v) is 9.87. The van der Waals surface area contributed by atoms with E-state index in [0.717, 1.165) is 25.4 Å². The molecule has 2 fully saturated rings. The van der Waals surface area contributed by atoms with Crippen molar-refractivity contribution in [1.82, 2.24) is 0 Å². The third kappa shape index (κ3) is 3.96. The SMILES string of the molecule is CC1(C)OCC(CCC=CCC2CC2)O1. The minimum absolute atomic E-state index is 0.297. The molecule has 86 valence electrons. The van der Waals surface area contributed by atoms with Crippen molar-refractivity contribution in [1.29, 1.82) is 0 Å². The minimum Gasteiger partial charge on any atom is -0.348 e. The van der Waals surface area contributed by atoms with E-state index in [0.29, 0.717) is 6.10 Å². The average Bonchev–Trinajstić information content (AvgIpc) is 2.91. The zero-order chi connectivity index (χ0) is 10.7. The first-order valence-corrected chi connectivity index (χ1v) is 6.12. The van der Waals surface area contributed by atoms with Crippen molar-refractivity contribution in [2.24, 2.45) is 5.92 Å². The lowest BCUT2D eigenvalue weighted by Crippen LogP contribution is -2.21. The molecule has 2 rings (SSSR count). The Bertz CT molecular complexity index is 229. The molecule has 1 unspecified atom stereocenters. The second-order valence-corrected chi connectivity index (χ2v) is 5.18. The van der Waals surface area contributed by atoms with Gasteiger partial charge in [-0.2, -0.15) is 0 Å². The van der Waals surface area contributed by atoms with Crippen LogP contribution in [-0.4, -0.2) is 18.5 Å². The molecule has 0 aromatic rings. The molecule has 2 nitrogen and oxygen atoms in total. The van der Waals surface area contributed by atoms with Crippen LogP contribution >= 0.6 is 0 Å². The molecule has 0 radical (unpaired) electrons. The van der Waals surface area contributed by atoms with Crippen molar-refractivity contribution in [3.63, 3.8) is 0 Å². The van der Waals surface area contributed by atoms with Crippen molar-refractivity contribution in [2.45, 2.75) is 57.8 Å². The van der Waals surface area contributed by atoms with Crippen molar-refractivity contribution in [3.05, 3.63) is 12.2 Å². The summed E-state index contributed by atoms with van der Waals surface area (Å²) in [5, 5.41) is 0. The average molecular weight is 210 g/mol. The van der Waals surface area contributed by atoms with Crippen LogP contribution in [0.25, 0.3) is 0 Å². The molecule has 1 aliphatic heterocycles. The highest BCUT2D eigenvalue weighted by Gasteiger charge is 2.31. The monoisotopic (exact) mass is 210 g/mol. The van der Waals surface area contributed by atoms with Gasteiger partial charge in [-0.15, -0.1) is 0 Å². The third-order valence-electron chi connectivity index (χ3n) is 3.06. The number of rotatable bonds is 5. The highest BCUT2D eigenvalue weighted by Crippen LogP contribution is 2.32. The maximum Gasteiger partial charge on any atom is 0.163 e. The lowest BCUT2D eigenvalue weighted by Gasteiger charge is -2.16. The van der Waals surface area contributed by atoms with Crippen LogP contribution in [0, 0.1) is 5.92 Å². The molecule has 15 heavy (non-hydrogen) atoms. The second kappa shape index (κ2) is 4.67. The Morgan fingerprint density at radius 2 is 2.07 bits per heavy atom. The fourth-order valence-corrected chi connectivity index (χ4v) is 1.95. The van der Waals surface area contributed by atoms with E-state index in [1.807, 2.05) is 13.8 Å². The van der Waals surface area contributed by atoms with E-state index in [-0.39, 0.29) is 5.79 Å². The van der Waals surface area contributed by atoms with Gasteiger partial charge in [-0.25, -0.2) is 0 Å². The molecule has 1 atom stereocenters. The van der Waals surface area contributed by atoms with Gasteiger partial charge < -0.3 is 9.47 Å². The molecular formula is C13H22O2. The Labute approximate surface area is 92.6 Å². The molecule has 2 aliphatic rings. The van der Waals surface area contributed by atoms with Gasteiger partial charge in [0.1, 0.15) is 0 Å². The molecule has 1 aliphatic carbocycles. The Hall–Kier alpha value is -0.340. The Kier molecular flexibility index (Phi) is 3.47. The normalized spacial score (nSPS) is 30.1. The van der Waals surface area contributed by atoms with Gasteiger partial charge in [-0.3, -0.25) is 0 Å². The molecule has 0 aromatic heterocycles. The van der Waals surface area contributed by atoms with E-state index in [4.69, 9.17) is 9.47 Å². The quantitative estimate of drug-likeness (QED) is 0.648. The summed E-state index contributed by atoms with van der Waals surface area (Å²) in [6.45, 7) is 4.72. The highest BCUT2D eigenvalue weighted by molar-refractivity contribution is 4.89. The highest BCUT2D eigenvalue weighted by atomic mass is 16.7. The van der Waals surface area contributed by atoms with Crippen molar-refractivity contribution in [2.75, 3.05) is 6.61 Å². The van der Waals surface area contributed by atoms with E-state index in [1.54, 1.807) is 0 Å². The van der Waals surface area contributed by atoms with Crippen molar-refractivity contribution in [3.8, 4) is 0 Å². The van der Waals surface area contributed by atoms with Gasteiger partial charge in [-0.05, 0) is 51.9 Å². The summed E-state index contributed by atoms with van der Waals surface area (Å²) in [7, 11) is 0. The zero-order valence-electron chi connectivity index (χ0n) is 9.87. The fourth-order valence-electron chi connectivity index (χ4n) is 1.95. The summed E-state index contributed by atoms with van der Waals surface area (Å²) in [5.41, 5.74) is 0. The summed E-state index contributed by atoms with van der Waals surface area (Å²) >= 11 is 0. The first kappa shape index (κ1) is 11.2. The van der Waals surface area contributed by atoms with Gasteiger partial charge in [0.2, 0.25) is 0 Å². The Morgan fingerprint density at radius 1 is 1.27 bits per heavy atom. The topological polar surface area (TPSA) is 18.5 Å². The van der Waals surface area contributed by atoms with Crippen LogP contribution in [0.1, 0.15) is 46.0 Å². The lowest BCUT2D eigenvalue weighted by molar-refractivity contribution is -0.138. The van der Waals surface area contributed by atoms with Gasteiger partial charge in [0.25, 0.3) is 0 Å². The molecule has 0 spiro atoms. The molecule has 0 amide bonds. The molecule has 1 saturated heterocycles. The van der Waals surface area contributed by atoms with Crippen LogP contribution in [0.5, 0.6) is 0 Å². The predicted molar refractivity (Wildman–Crippen MR) is 60.6 cm³/mol. The standard InChI is InChI=1S/C13H22O2/c1-13(2)14-10-12(15-13)7-5-3-4-6-11-8-9-11/h3-4,11-12H,5-10H2,1-2H3. The van der Waals surface area contributed by atoms with Crippen LogP contribution in [0.15, 0.2) is 12.2 Å². The molecular weight excluding hydrogens is 188 g/mol. The van der Waals surface area contributed by atoms with E-state index in [9.17, 15) is 0 Å². The van der Waals surface area contributed by atoms with E-state index in [1.165, 1.54) is 19.3 Å². The molecule has 1 saturated carbocycles. The maximum atomic E-state index is 5.73. The van der Waals surface area contributed by atoms with Crippen LogP contribution in [0.2, 0.25) is 0 Å². The van der Waals surface area contributed by atoms with Gasteiger partial charge in [0, 0.05) is 0 Å². The van der Waals surface area contributed by atoms with Crippen LogP contribution < -0.4 is 0 Å². The molecule has 0 bridgehead atoms. The Morgan fingerprint density at radius 3 is 2.67 bits per heavy atom. The summed E-state index contributed by atoms with van der Waals surface area (Å²) in [4.78, 5) is 0. The van der Waals surface area contributed by atoms with Crippen LogP contribution in [-0.2, 0) is 9.47 Å². The minimum atomic E-state index is -0.359. The summed E-state index contributed by atoms with van der Waals surface area (Å²) in [5.74, 6) is 0.647. The number of hydrogen-bond acceptors (Lipinski definition) is 2. The first-order valence-electron chi connectivity index (χ1n) is 6.12. The summed E-state index contributed by atoms with van der Waals surface area (Å²) in [6.07, 6.45) is 11.3. The van der Waals surface area contributed by atoms with Gasteiger partial charge in [-0.1, -0.05) is 12.2 Å². The second-order valence-electron chi connectivity index (χ2n) is 5.18. The van der Waals surface area contributed by atoms with E-state index >= 15 is 0 Å². The van der Waals surface area contributed by atoms with E-state index in [2.05, 4.69) is 12.2 Å². The van der Waals surface area contributed by atoms with E-state index < -0.39 is 0 Å². The fraction of sp³-hybridized carbons (Fsp3) is 0.846. The largest absolute Gasteiger partial charge is 0.348 e. The van der Waals surface area contributed by atoms with Gasteiger partial charge in [0.15, 0.2) is 5.79 Å². The number of allylic oxidation sites excluding steroid dienone is 2. The lowest BCUT2D eigenvalue weighted by atomic mass is 10.2. The molecule has 2 heteroatoms. The number of ether oxygens (including phenoxy) is 2. The summed E-state index contributed by atoms with van der Waals surface area (Å²) in [6, 6.07) is 0. The van der Waals surface area contributed by atoms with Gasteiger partial charge >= 0.3 is 0 Å². The summed E-state index contributed by atoms with van der Waals surface area (Å²) < 4.78 is 11.2. The molecule has 1 heterocycles. The maximum absolute atomic E-state index is 5.73. The smallest absolute Gasteiger partial charge is 0.163 e. The molecule has 0 N–H and O–H groups in total. The van der Waals surface area contributed by atoms with Crippen molar-refractivity contribution < 1.29 is 9.47 Å². The predicted octanol–water partition coefficient (Wildman–Crippen LogP) is 3.27. The molecule has 0 aromatic carbocycles. The third-order valence-corrected chi connectivity index (χ3v) is 3.06. The van der Waals surface area contributed by atoms with Crippen LogP contribution in [0.4, 0.5) is 0 Å². The first-order chi connectivity index (χ1) is 7.16. The van der Waals surface area contributed by atoms with Crippen LogP contribution in [0.3, 0.4) is 0 Å². The Balaban J connectivity index is 1.55. The van der Waals surface area contributed by atoms with Gasteiger partial charge in [0.05, 0.1) is 12.7 Å². The van der Waals surface area contributed by atoms with Crippen molar-refractivity contribution >= 4 is 0 Å². The number of hydrogen-bond donors (Lipinski definition) is 0.